The fraction of sp³-hybridized carbons (Fsp3) is 0.562. The van der Waals surface area contributed by atoms with Crippen LogP contribution in [-0.2, 0) is 9.47 Å². The number of carbonyl (C=O) groups excluding carboxylic acids is 1. The number of hydrogen-bond acceptors (Lipinski definition) is 4. The molecule has 5 nitrogen and oxygen atoms in total. The van der Waals surface area contributed by atoms with E-state index in [4.69, 9.17) is 9.47 Å². The summed E-state index contributed by atoms with van der Waals surface area (Å²) < 4.78 is 10.6. The van der Waals surface area contributed by atoms with E-state index in [1.165, 1.54) is 0 Å². The van der Waals surface area contributed by atoms with Gasteiger partial charge in [-0.25, -0.2) is 0 Å². The van der Waals surface area contributed by atoms with Crippen molar-refractivity contribution in [3.8, 4) is 5.75 Å². The van der Waals surface area contributed by atoms with Crippen molar-refractivity contribution in [1.82, 2.24) is 4.90 Å². The summed E-state index contributed by atoms with van der Waals surface area (Å²) in [6, 6.07) is 5.18. The Morgan fingerprint density at radius 2 is 1.71 bits per heavy atom. The summed E-state index contributed by atoms with van der Waals surface area (Å²) in [4.78, 5) is 14.2. The number of phenols is 1. The molecule has 0 heterocycles. The van der Waals surface area contributed by atoms with Crippen molar-refractivity contribution in [1.29, 1.82) is 0 Å². The molecule has 0 atom stereocenters. The molecule has 0 spiro atoms. The molecule has 5 heteroatoms. The van der Waals surface area contributed by atoms with Crippen LogP contribution in [0.25, 0.3) is 0 Å². The monoisotopic (exact) mass is 295 g/mol. The number of rotatable bonds is 9. The van der Waals surface area contributed by atoms with Crippen LogP contribution in [0.3, 0.4) is 0 Å². The predicted octanol–water partition coefficient (Wildman–Crippen LogP) is 2.22. The predicted molar refractivity (Wildman–Crippen MR) is 81.7 cm³/mol. The first kappa shape index (κ1) is 17.5. The number of ether oxygens (including phenoxy) is 2. The average molecular weight is 295 g/mol. The number of hydrogen-bond donors (Lipinski definition) is 1. The van der Waals surface area contributed by atoms with Gasteiger partial charge in [0, 0.05) is 26.3 Å². The summed E-state index contributed by atoms with van der Waals surface area (Å²) in [5, 5.41) is 10.1. The van der Waals surface area contributed by atoms with Gasteiger partial charge in [-0.15, -0.1) is 0 Å². The summed E-state index contributed by atoms with van der Waals surface area (Å²) >= 11 is 0. The molecule has 0 aromatic heterocycles. The number of amides is 1. The van der Waals surface area contributed by atoms with Crippen LogP contribution in [0.15, 0.2) is 18.2 Å². The molecule has 1 rings (SSSR count). The molecule has 0 fully saturated rings. The van der Waals surface area contributed by atoms with Crippen molar-refractivity contribution < 1.29 is 19.4 Å². The van der Waals surface area contributed by atoms with Gasteiger partial charge in [0.2, 0.25) is 0 Å². The molecule has 0 radical (unpaired) electrons. The van der Waals surface area contributed by atoms with Gasteiger partial charge in [0.05, 0.1) is 18.8 Å². The van der Waals surface area contributed by atoms with Crippen molar-refractivity contribution in [2.45, 2.75) is 20.8 Å². The molecule has 0 bridgehead atoms. The highest BCUT2D eigenvalue weighted by atomic mass is 16.5. The first-order valence-corrected chi connectivity index (χ1v) is 7.35. The quantitative estimate of drug-likeness (QED) is 0.710. The van der Waals surface area contributed by atoms with Crippen LogP contribution in [0.1, 0.15) is 29.8 Å². The summed E-state index contributed by atoms with van der Waals surface area (Å²) in [5.74, 6) is -0.157. The largest absolute Gasteiger partial charge is 0.507 e. The molecule has 21 heavy (non-hydrogen) atoms. The van der Waals surface area contributed by atoms with Gasteiger partial charge >= 0.3 is 0 Å². The molecule has 1 N–H and O–H groups in total. The Balaban J connectivity index is 2.79. The van der Waals surface area contributed by atoms with E-state index in [9.17, 15) is 9.90 Å². The van der Waals surface area contributed by atoms with Gasteiger partial charge in [0.15, 0.2) is 0 Å². The third kappa shape index (κ3) is 5.36. The Morgan fingerprint density at radius 1 is 1.14 bits per heavy atom. The molecule has 1 amide bonds. The molecule has 118 valence electrons. The second-order valence-corrected chi connectivity index (χ2v) is 4.66. The normalized spacial score (nSPS) is 10.6. The summed E-state index contributed by atoms with van der Waals surface area (Å²) in [7, 11) is 0. The molecule has 0 saturated heterocycles. The second kappa shape index (κ2) is 9.37. The van der Waals surface area contributed by atoms with Crippen molar-refractivity contribution >= 4 is 5.91 Å². The van der Waals surface area contributed by atoms with Crippen LogP contribution >= 0.6 is 0 Å². The number of aryl methyl sites for hydroxylation is 1. The average Bonchev–Trinajstić information content (AvgIpc) is 2.48. The summed E-state index contributed by atoms with van der Waals surface area (Å²) in [6.07, 6.45) is 0. The van der Waals surface area contributed by atoms with E-state index in [-0.39, 0.29) is 11.7 Å². The Labute approximate surface area is 126 Å². The molecular weight excluding hydrogens is 270 g/mol. The van der Waals surface area contributed by atoms with Gasteiger partial charge in [0.25, 0.3) is 5.91 Å². The third-order valence-corrected chi connectivity index (χ3v) is 3.17. The van der Waals surface area contributed by atoms with E-state index in [1.54, 1.807) is 30.0 Å². The van der Waals surface area contributed by atoms with Gasteiger partial charge in [-0.3, -0.25) is 4.79 Å². The van der Waals surface area contributed by atoms with E-state index in [0.717, 1.165) is 0 Å². The highest BCUT2D eigenvalue weighted by Crippen LogP contribution is 2.22. The minimum atomic E-state index is -0.199. The van der Waals surface area contributed by atoms with Crippen LogP contribution in [0.4, 0.5) is 0 Å². The van der Waals surface area contributed by atoms with Crippen molar-refractivity contribution in [3.05, 3.63) is 29.3 Å². The number of para-hydroxylation sites is 1. The SMILES string of the molecule is CCOCCN(CCOCC)C(=O)c1cccc(C)c1O. The van der Waals surface area contributed by atoms with Gasteiger partial charge in [-0.2, -0.15) is 0 Å². The lowest BCUT2D eigenvalue weighted by atomic mass is 10.1. The van der Waals surface area contributed by atoms with E-state index >= 15 is 0 Å². The van der Waals surface area contributed by atoms with Gasteiger partial charge in [0.1, 0.15) is 5.75 Å². The minimum absolute atomic E-state index is 0.0420. The minimum Gasteiger partial charge on any atom is -0.507 e. The Morgan fingerprint density at radius 3 is 2.24 bits per heavy atom. The number of carbonyl (C=O) groups is 1. The maximum absolute atomic E-state index is 12.6. The lowest BCUT2D eigenvalue weighted by molar-refractivity contribution is 0.0547. The zero-order valence-electron chi connectivity index (χ0n) is 13.1. The topological polar surface area (TPSA) is 59.0 Å². The molecule has 0 unspecified atom stereocenters. The van der Waals surface area contributed by atoms with Crippen LogP contribution in [0, 0.1) is 6.92 Å². The molecule has 0 aliphatic carbocycles. The Bertz CT molecular complexity index is 438. The Hall–Kier alpha value is -1.59. The van der Waals surface area contributed by atoms with Crippen LogP contribution in [0.5, 0.6) is 5.75 Å². The van der Waals surface area contributed by atoms with Crippen molar-refractivity contribution in [2.24, 2.45) is 0 Å². The van der Waals surface area contributed by atoms with Gasteiger partial charge in [-0.1, -0.05) is 12.1 Å². The molecule has 0 saturated carbocycles. The smallest absolute Gasteiger partial charge is 0.257 e. The maximum atomic E-state index is 12.6. The number of benzene rings is 1. The summed E-state index contributed by atoms with van der Waals surface area (Å²) in [5.41, 5.74) is 1.01. The molecule has 0 aliphatic rings. The lowest BCUT2D eigenvalue weighted by Gasteiger charge is -2.23. The highest BCUT2D eigenvalue weighted by Gasteiger charge is 2.19. The fourth-order valence-electron chi connectivity index (χ4n) is 1.95. The van der Waals surface area contributed by atoms with Crippen molar-refractivity contribution in [2.75, 3.05) is 39.5 Å². The number of nitrogens with zero attached hydrogens (tertiary/aromatic N) is 1. The zero-order chi connectivity index (χ0) is 15.7. The van der Waals surface area contributed by atoms with Crippen LogP contribution in [-0.4, -0.2) is 55.4 Å². The molecular formula is C16H25NO4. The third-order valence-electron chi connectivity index (χ3n) is 3.17. The highest BCUT2D eigenvalue weighted by molar-refractivity contribution is 5.97. The fourth-order valence-corrected chi connectivity index (χ4v) is 1.95. The van der Waals surface area contributed by atoms with Gasteiger partial charge < -0.3 is 19.5 Å². The first-order valence-electron chi connectivity index (χ1n) is 7.35. The molecule has 1 aromatic carbocycles. The second-order valence-electron chi connectivity index (χ2n) is 4.66. The summed E-state index contributed by atoms with van der Waals surface area (Å²) in [6.45, 7) is 8.74. The number of phenolic OH excluding ortho intramolecular Hbond substituents is 1. The van der Waals surface area contributed by atoms with Crippen LogP contribution < -0.4 is 0 Å². The number of aromatic hydroxyl groups is 1. The standard InChI is InChI=1S/C16H25NO4/c1-4-20-11-9-17(10-12-21-5-2)16(19)14-8-6-7-13(3)15(14)18/h6-8,18H,4-5,9-12H2,1-3H3. The Kier molecular flexibility index (Phi) is 7.79. The lowest BCUT2D eigenvalue weighted by Crippen LogP contribution is -2.36. The van der Waals surface area contributed by atoms with Gasteiger partial charge in [-0.05, 0) is 32.4 Å². The van der Waals surface area contributed by atoms with E-state index < -0.39 is 0 Å². The van der Waals surface area contributed by atoms with E-state index in [0.29, 0.717) is 50.6 Å². The van der Waals surface area contributed by atoms with E-state index in [1.807, 2.05) is 13.8 Å². The molecule has 0 aliphatic heterocycles. The van der Waals surface area contributed by atoms with E-state index in [2.05, 4.69) is 0 Å². The van der Waals surface area contributed by atoms with Crippen LogP contribution in [0.2, 0.25) is 0 Å². The molecule has 1 aromatic rings. The zero-order valence-corrected chi connectivity index (χ0v) is 13.1. The first-order chi connectivity index (χ1) is 10.1. The maximum Gasteiger partial charge on any atom is 0.257 e. The van der Waals surface area contributed by atoms with Crippen molar-refractivity contribution in [3.63, 3.8) is 0 Å².